The third-order valence-corrected chi connectivity index (χ3v) is 5.30. The number of nitrogens with one attached hydrogen (secondary N) is 2. The van der Waals surface area contributed by atoms with Gasteiger partial charge in [0.05, 0.1) is 31.9 Å². The molecule has 4 rings (SSSR count). The molecule has 0 bridgehead atoms. The van der Waals surface area contributed by atoms with Crippen molar-refractivity contribution >= 4 is 11.0 Å². The number of hydrogen-bond donors (Lipinski definition) is 2. The second-order valence-corrected chi connectivity index (χ2v) is 7.10. The van der Waals surface area contributed by atoms with Crippen LogP contribution in [-0.4, -0.2) is 46.1 Å². The maximum Gasteiger partial charge on any atom is 0.336 e. The van der Waals surface area contributed by atoms with Crippen LogP contribution in [0.15, 0.2) is 27.4 Å². The number of quaternary nitrogens is 2. The minimum absolute atomic E-state index is 0.290. The quantitative estimate of drug-likeness (QED) is 0.708. The van der Waals surface area contributed by atoms with E-state index >= 15 is 0 Å². The first-order chi connectivity index (χ1) is 12.2. The number of aryl methyl sites for hydroxylation is 1. The van der Waals surface area contributed by atoms with Crippen LogP contribution in [0.4, 0.5) is 0 Å². The van der Waals surface area contributed by atoms with Crippen molar-refractivity contribution in [2.45, 2.75) is 19.9 Å². The number of rotatable bonds is 4. The normalized spacial score (nSPS) is 21.1. The van der Waals surface area contributed by atoms with Gasteiger partial charge in [-0.2, -0.15) is 0 Å². The largest absolute Gasteiger partial charge is 0.445 e. The zero-order chi connectivity index (χ0) is 17.2. The van der Waals surface area contributed by atoms with Gasteiger partial charge in [0, 0.05) is 17.9 Å². The molecule has 1 saturated heterocycles. The Kier molecular flexibility index (Phi) is 4.74. The predicted molar refractivity (Wildman–Crippen MR) is 93.2 cm³/mol. The summed E-state index contributed by atoms with van der Waals surface area (Å²) in [5.41, 5.74) is 2.38. The first-order valence-electron chi connectivity index (χ1n) is 9.15. The van der Waals surface area contributed by atoms with Gasteiger partial charge >= 0.3 is 5.63 Å². The SMILES string of the molecule is Cc1cc(=O)oc2c3c(ccc12)OC[NH+](CCC[NH+]1CCOCC1)C3. The van der Waals surface area contributed by atoms with E-state index in [1.54, 1.807) is 11.0 Å². The maximum absolute atomic E-state index is 11.8. The van der Waals surface area contributed by atoms with Gasteiger partial charge in [0.2, 0.25) is 6.73 Å². The van der Waals surface area contributed by atoms with Crippen LogP contribution in [0.2, 0.25) is 0 Å². The third-order valence-electron chi connectivity index (χ3n) is 5.30. The van der Waals surface area contributed by atoms with Gasteiger partial charge in [-0.25, -0.2) is 4.79 Å². The van der Waals surface area contributed by atoms with E-state index in [4.69, 9.17) is 13.9 Å². The van der Waals surface area contributed by atoms with E-state index in [2.05, 4.69) is 0 Å². The molecule has 25 heavy (non-hydrogen) atoms. The molecule has 134 valence electrons. The summed E-state index contributed by atoms with van der Waals surface area (Å²) in [6.07, 6.45) is 1.16. The van der Waals surface area contributed by atoms with Crippen molar-refractivity contribution in [2.75, 3.05) is 46.1 Å². The Morgan fingerprint density at radius 1 is 1.12 bits per heavy atom. The zero-order valence-corrected chi connectivity index (χ0v) is 14.7. The molecule has 0 amide bonds. The molecule has 2 N–H and O–H groups in total. The molecule has 2 aromatic rings. The predicted octanol–water partition coefficient (Wildman–Crippen LogP) is -0.859. The van der Waals surface area contributed by atoms with Crippen molar-refractivity contribution in [2.24, 2.45) is 0 Å². The maximum atomic E-state index is 11.8. The fraction of sp³-hybridized carbons (Fsp3) is 0.526. The molecule has 2 aliphatic heterocycles. The topological polar surface area (TPSA) is 57.5 Å². The lowest BCUT2D eigenvalue weighted by molar-refractivity contribution is -0.942. The minimum Gasteiger partial charge on any atom is -0.445 e. The van der Waals surface area contributed by atoms with Crippen LogP contribution < -0.4 is 20.2 Å². The first kappa shape index (κ1) is 16.6. The van der Waals surface area contributed by atoms with Crippen molar-refractivity contribution < 1.29 is 23.7 Å². The second-order valence-electron chi connectivity index (χ2n) is 7.10. The van der Waals surface area contributed by atoms with Crippen molar-refractivity contribution in [3.05, 3.63) is 39.7 Å². The molecule has 0 aliphatic carbocycles. The van der Waals surface area contributed by atoms with Gasteiger partial charge in [0.15, 0.2) is 5.58 Å². The van der Waals surface area contributed by atoms with Gasteiger partial charge in [0.25, 0.3) is 0 Å². The Balaban J connectivity index is 1.46. The Morgan fingerprint density at radius 2 is 1.92 bits per heavy atom. The fourth-order valence-corrected chi connectivity index (χ4v) is 3.86. The minimum atomic E-state index is -0.290. The summed E-state index contributed by atoms with van der Waals surface area (Å²) in [7, 11) is 0. The lowest BCUT2D eigenvalue weighted by Crippen LogP contribution is -3.16. The monoisotopic (exact) mass is 346 g/mol. The van der Waals surface area contributed by atoms with Crippen molar-refractivity contribution in [1.82, 2.24) is 0 Å². The Bertz CT molecular complexity index is 811. The van der Waals surface area contributed by atoms with Crippen LogP contribution in [0.3, 0.4) is 0 Å². The number of benzene rings is 1. The molecule has 2 aliphatic rings. The summed E-state index contributed by atoms with van der Waals surface area (Å²) in [5.74, 6) is 0.851. The van der Waals surface area contributed by atoms with Crippen LogP contribution in [0.1, 0.15) is 17.5 Å². The molecule has 3 heterocycles. The standard InChI is InChI=1S/C19H24N2O4/c1-14-11-18(22)25-19-15(14)3-4-17-16(19)12-21(13-24-17)6-2-5-20-7-9-23-10-8-20/h3-4,11H,2,5-10,12-13H2,1H3/p+2. The van der Waals surface area contributed by atoms with Crippen molar-refractivity contribution in [3.8, 4) is 5.75 Å². The highest BCUT2D eigenvalue weighted by molar-refractivity contribution is 5.84. The fourth-order valence-electron chi connectivity index (χ4n) is 3.86. The molecular formula is C19H26N2O4+2. The number of morpholine rings is 1. The summed E-state index contributed by atoms with van der Waals surface area (Å²) < 4.78 is 16.9. The number of ether oxygens (including phenoxy) is 2. The molecule has 6 heteroatoms. The van der Waals surface area contributed by atoms with E-state index in [1.165, 1.54) is 11.4 Å². The highest BCUT2D eigenvalue weighted by Crippen LogP contribution is 2.29. The van der Waals surface area contributed by atoms with Crippen LogP contribution >= 0.6 is 0 Å². The molecule has 1 atom stereocenters. The lowest BCUT2D eigenvalue weighted by atomic mass is 10.0. The zero-order valence-electron chi connectivity index (χ0n) is 14.7. The second kappa shape index (κ2) is 7.15. The molecule has 1 aromatic carbocycles. The van der Waals surface area contributed by atoms with Crippen molar-refractivity contribution in [3.63, 3.8) is 0 Å². The summed E-state index contributed by atoms with van der Waals surface area (Å²) >= 11 is 0. The van der Waals surface area contributed by atoms with E-state index in [9.17, 15) is 4.79 Å². The van der Waals surface area contributed by atoms with Gasteiger partial charge in [-0.1, -0.05) is 0 Å². The first-order valence-corrected chi connectivity index (χ1v) is 9.15. The Labute approximate surface area is 146 Å². The summed E-state index contributed by atoms with van der Waals surface area (Å²) in [5, 5.41) is 1.00. The summed E-state index contributed by atoms with van der Waals surface area (Å²) in [6.45, 7) is 9.71. The smallest absolute Gasteiger partial charge is 0.336 e. The molecule has 0 radical (unpaired) electrons. The van der Waals surface area contributed by atoms with Crippen LogP contribution in [0.25, 0.3) is 11.0 Å². The van der Waals surface area contributed by atoms with Crippen LogP contribution in [-0.2, 0) is 11.3 Å². The Morgan fingerprint density at radius 3 is 2.76 bits per heavy atom. The average molecular weight is 346 g/mol. The molecule has 1 aromatic heterocycles. The van der Waals surface area contributed by atoms with Gasteiger partial charge in [0.1, 0.15) is 25.4 Å². The molecule has 0 saturated carbocycles. The Hall–Kier alpha value is -1.89. The molecule has 0 spiro atoms. The average Bonchev–Trinajstić information content (AvgIpc) is 2.62. The molecule has 1 fully saturated rings. The van der Waals surface area contributed by atoms with Crippen molar-refractivity contribution in [1.29, 1.82) is 0 Å². The molecule has 6 nitrogen and oxygen atoms in total. The van der Waals surface area contributed by atoms with E-state index in [-0.39, 0.29) is 5.63 Å². The van der Waals surface area contributed by atoms with Gasteiger partial charge < -0.3 is 18.8 Å². The highest BCUT2D eigenvalue weighted by Gasteiger charge is 2.25. The van der Waals surface area contributed by atoms with Crippen LogP contribution in [0, 0.1) is 6.92 Å². The van der Waals surface area contributed by atoms with E-state index in [0.29, 0.717) is 12.3 Å². The van der Waals surface area contributed by atoms with E-state index < -0.39 is 0 Å². The van der Waals surface area contributed by atoms with Gasteiger partial charge in [-0.05, 0) is 24.6 Å². The molecular weight excluding hydrogens is 320 g/mol. The lowest BCUT2D eigenvalue weighted by Gasteiger charge is -2.28. The molecule has 1 unspecified atom stereocenters. The van der Waals surface area contributed by atoms with Gasteiger partial charge in [-0.3, -0.25) is 4.90 Å². The van der Waals surface area contributed by atoms with E-state index in [0.717, 1.165) is 68.1 Å². The van der Waals surface area contributed by atoms with Gasteiger partial charge in [-0.15, -0.1) is 0 Å². The summed E-state index contributed by atoms with van der Waals surface area (Å²) in [4.78, 5) is 14.8. The van der Waals surface area contributed by atoms with Crippen LogP contribution in [0.5, 0.6) is 5.75 Å². The summed E-state index contributed by atoms with van der Waals surface area (Å²) in [6, 6.07) is 5.53. The third kappa shape index (κ3) is 3.56. The highest BCUT2D eigenvalue weighted by atomic mass is 16.5. The number of fused-ring (bicyclic) bond motifs is 3. The number of hydrogen-bond acceptors (Lipinski definition) is 4. The van der Waals surface area contributed by atoms with E-state index in [1.807, 2.05) is 19.1 Å².